The fraction of sp³-hybridized carbons (Fsp3) is 0.222. The highest BCUT2D eigenvalue weighted by Crippen LogP contribution is 2.28. The van der Waals surface area contributed by atoms with Crippen molar-refractivity contribution in [2.24, 2.45) is 7.05 Å². The van der Waals surface area contributed by atoms with E-state index in [1.807, 2.05) is 61.2 Å². The molecule has 0 unspecified atom stereocenters. The Kier molecular flexibility index (Phi) is 4.65. The Morgan fingerprint density at radius 2 is 1.88 bits per heavy atom. The van der Waals surface area contributed by atoms with Gasteiger partial charge in [0.2, 0.25) is 5.88 Å². The van der Waals surface area contributed by atoms with Gasteiger partial charge in [-0.2, -0.15) is 5.10 Å². The van der Waals surface area contributed by atoms with Gasteiger partial charge >= 0.3 is 0 Å². The number of aromatic nitrogens is 3. The number of rotatable bonds is 6. The average Bonchev–Trinajstić information content (AvgIpc) is 2.92. The predicted molar refractivity (Wildman–Crippen MR) is 92.6 cm³/mol. The summed E-state index contributed by atoms with van der Waals surface area (Å²) in [6, 6.07) is 11.2. The Morgan fingerprint density at radius 1 is 1.12 bits per heavy atom. The molecule has 0 amide bonds. The van der Waals surface area contributed by atoms with Gasteiger partial charge in [0.25, 0.3) is 0 Å². The number of ether oxygens (including phenoxy) is 2. The predicted octanol–water partition coefficient (Wildman–Crippen LogP) is 3.54. The van der Waals surface area contributed by atoms with Crippen molar-refractivity contribution in [2.75, 3.05) is 12.4 Å². The van der Waals surface area contributed by atoms with Crippen molar-refractivity contribution in [2.45, 2.75) is 13.5 Å². The lowest BCUT2D eigenvalue weighted by Crippen LogP contribution is -2.02. The third-order valence-electron chi connectivity index (χ3n) is 3.63. The zero-order valence-electron chi connectivity index (χ0n) is 14.0. The van der Waals surface area contributed by atoms with Gasteiger partial charge < -0.3 is 14.8 Å². The maximum Gasteiger partial charge on any atom is 0.242 e. The molecule has 0 spiro atoms. The molecular weight excluding hydrogens is 304 g/mol. The molecule has 1 aromatic carbocycles. The second-order valence-corrected chi connectivity index (χ2v) is 5.40. The van der Waals surface area contributed by atoms with Crippen LogP contribution in [0.4, 0.5) is 5.69 Å². The maximum atomic E-state index is 5.88. The van der Waals surface area contributed by atoms with Crippen LogP contribution >= 0.6 is 0 Å². The molecule has 2 heterocycles. The van der Waals surface area contributed by atoms with Gasteiger partial charge in [0.1, 0.15) is 11.5 Å². The molecule has 0 saturated heterocycles. The Labute approximate surface area is 141 Å². The highest BCUT2D eigenvalue weighted by Gasteiger charge is 2.08. The second-order valence-electron chi connectivity index (χ2n) is 5.40. The van der Waals surface area contributed by atoms with Crippen molar-refractivity contribution in [3.8, 4) is 17.4 Å². The van der Waals surface area contributed by atoms with Gasteiger partial charge in [0.05, 0.1) is 18.5 Å². The summed E-state index contributed by atoms with van der Waals surface area (Å²) in [5, 5.41) is 7.71. The van der Waals surface area contributed by atoms with Crippen LogP contribution in [0, 0.1) is 6.92 Å². The van der Waals surface area contributed by atoms with Crippen LogP contribution in [-0.4, -0.2) is 21.9 Å². The first kappa shape index (κ1) is 15.9. The van der Waals surface area contributed by atoms with Crippen LogP contribution in [0.2, 0.25) is 0 Å². The number of nitrogens with zero attached hydrogens (tertiary/aromatic N) is 3. The van der Waals surface area contributed by atoms with E-state index in [9.17, 15) is 0 Å². The number of hydrogen-bond acceptors (Lipinski definition) is 5. The van der Waals surface area contributed by atoms with E-state index in [2.05, 4.69) is 15.4 Å². The molecule has 0 saturated carbocycles. The van der Waals surface area contributed by atoms with Crippen LogP contribution in [0.15, 0.2) is 48.8 Å². The van der Waals surface area contributed by atoms with E-state index in [1.165, 1.54) is 0 Å². The summed E-state index contributed by atoms with van der Waals surface area (Å²) in [4.78, 5) is 4.32. The Morgan fingerprint density at radius 3 is 2.54 bits per heavy atom. The lowest BCUT2D eigenvalue weighted by molar-refractivity contribution is 0.412. The maximum absolute atomic E-state index is 5.88. The van der Waals surface area contributed by atoms with Gasteiger partial charge in [-0.25, -0.2) is 4.98 Å². The van der Waals surface area contributed by atoms with Crippen LogP contribution < -0.4 is 14.8 Å². The molecule has 3 aromatic rings. The van der Waals surface area contributed by atoms with E-state index in [4.69, 9.17) is 9.47 Å². The van der Waals surface area contributed by atoms with Gasteiger partial charge in [0, 0.05) is 31.5 Å². The molecule has 6 nitrogen and oxygen atoms in total. The number of hydrogen-bond donors (Lipinski definition) is 1. The summed E-state index contributed by atoms with van der Waals surface area (Å²) in [6.45, 7) is 2.65. The van der Waals surface area contributed by atoms with Gasteiger partial charge in [-0.3, -0.25) is 4.68 Å². The van der Waals surface area contributed by atoms with E-state index < -0.39 is 0 Å². The number of benzene rings is 1. The van der Waals surface area contributed by atoms with Crippen molar-refractivity contribution < 1.29 is 9.47 Å². The van der Waals surface area contributed by atoms with Crippen molar-refractivity contribution in [3.63, 3.8) is 0 Å². The molecule has 0 aliphatic carbocycles. The number of methoxy groups -OCH3 is 1. The van der Waals surface area contributed by atoms with Crippen molar-refractivity contribution in [1.82, 2.24) is 14.8 Å². The normalized spacial score (nSPS) is 10.5. The lowest BCUT2D eigenvalue weighted by Gasteiger charge is -2.12. The number of aryl methyl sites for hydroxylation is 2. The minimum absolute atomic E-state index is 0.532. The topological polar surface area (TPSA) is 61.2 Å². The molecule has 0 aliphatic rings. The average molecular weight is 324 g/mol. The molecule has 0 fully saturated rings. The fourth-order valence-corrected chi connectivity index (χ4v) is 2.37. The van der Waals surface area contributed by atoms with Crippen LogP contribution in [0.5, 0.6) is 17.4 Å². The Balaban J connectivity index is 1.73. The summed E-state index contributed by atoms with van der Waals surface area (Å²) in [7, 11) is 3.55. The first-order valence-corrected chi connectivity index (χ1v) is 7.65. The van der Waals surface area contributed by atoms with Crippen LogP contribution in [0.25, 0.3) is 0 Å². The monoisotopic (exact) mass is 324 g/mol. The van der Waals surface area contributed by atoms with E-state index in [0.29, 0.717) is 18.2 Å². The zero-order chi connectivity index (χ0) is 16.9. The highest BCUT2D eigenvalue weighted by atomic mass is 16.5. The van der Waals surface area contributed by atoms with Gasteiger partial charge in [-0.05, 0) is 43.3 Å². The number of nitrogens with one attached hydrogen (secondary N) is 1. The first-order chi connectivity index (χ1) is 11.7. The van der Waals surface area contributed by atoms with Crippen molar-refractivity contribution >= 4 is 5.69 Å². The smallest absolute Gasteiger partial charge is 0.242 e. The van der Waals surface area contributed by atoms with Crippen LogP contribution in [0.3, 0.4) is 0 Å². The molecule has 0 aliphatic heterocycles. The van der Waals surface area contributed by atoms with E-state index in [-0.39, 0.29) is 0 Å². The molecule has 124 valence electrons. The Bertz CT molecular complexity index is 812. The highest BCUT2D eigenvalue weighted by molar-refractivity contribution is 5.54. The van der Waals surface area contributed by atoms with Crippen LogP contribution in [-0.2, 0) is 13.6 Å². The molecule has 0 atom stereocenters. The summed E-state index contributed by atoms with van der Waals surface area (Å²) in [5.41, 5.74) is 2.97. The largest absolute Gasteiger partial charge is 0.497 e. The van der Waals surface area contributed by atoms with Gasteiger partial charge in [-0.1, -0.05) is 0 Å². The Hall–Kier alpha value is -3.02. The molecular formula is C18H20N4O2. The second kappa shape index (κ2) is 7.04. The quantitative estimate of drug-likeness (QED) is 0.751. The summed E-state index contributed by atoms with van der Waals surface area (Å²) in [5.74, 6) is 2.02. The molecule has 24 heavy (non-hydrogen) atoms. The van der Waals surface area contributed by atoms with Gasteiger partial charge in [0.15, 0.2) is 0 Å². The molecule has 2 aromatic heterocycles. The summed E-state index contributed by atoms with van der Waals surface area (Å²) < 4.78 is 12.8. The molecule has 0 radical (unpaired) electrons. The summed E-state index contributed by atoms with van der Waals surface area (Å²) >= 11 is 0. The van der Waals surface area contributed by atoms with Gasteiger partial charge in [-0.15, -0.1) is 0 Å². The minimum atomic E-state index is 0.532. The number of pyridine rings is 1. The minimum Gasteiger partial charge on any atom is -0.497 e. The zero-order valence-corrected chi connectivity index (χ0v) is 14.0. The third kappa shape index (κ3) is 3.65. The van der Waals surface area contributed by atoms with Crippen LogP contribution in [0.1, 0.15) is 11.3 Å². The molecule has 0 bridgehead atoms. The SMILES string of the molecule is COc1ccc(Oc2ncccc2NCc2cn(C)nc2C)cc1. The summed E-state index contributed by atoms with van der Waals surface area (Å²) in [6.07, 6.45) is 3.71. The standard InChI is InChI=1S/C18H20N4O2/c1-13-14(12-22(2)21-13)11-20-17-5-4-10-19-18(17)24-16-8-6-15(23-3)7-9-16/h4-10,12,20H,11H2,1-3H3. The number of anilines is 1. The van der Waals surface area contributed by atoms with E-state index in [1.54, 1.807) is 13.3 Å². The first-order valence-electron chi connectivity index (χ1n) is 7.65. The lowest BCUT2D eigenvalue weighted by atomic mass is 10.2. The molecule has 3 rings (SSSR count). The third-order valence-corrected chi connectivity index (χ3v) is 3.63. The fourth-order valence-electron chi connectivity index (χ4n) is 2.37. The van der Waals surface area contributed by atoms with Crippen molar-refractivity contribution in [3.05, 3.63) is 60.0 Å². The molecule has 6 heteroatoms. The van der Waals surface area contributed by atoms with E-state index >= 15 is 0 Å². The van der Waals surface area contributed by atoms with Crippen molar-refractivity contribution in [1.29, 1.82) is 0 Å². The molecule has 1 N–H and O–H groups in total. The van der Waals surface area contributed by atoms with E-state index in [0.717, 1.165) is 22.7 Å².